The van der Waals surface area contributed by atoms with E-state index in [9.17, 15) is 14.4 Å². The summed E-state index contributed by atoms with van der Waals surface area (Å²) in [5.74, 6) is -1.58. The Kier molecular flexibility index (Phi) is 3.47. The van der Waals surface area contributed by atoms with E-state index in [1.165, 1.54) is 0 Å². The molecule has 88 valence electrons. The van der Waals surface area contributed by atoms with E-state index in [1.54, 1.807) is 0 Å². The fourth-order valence-electron chi connectivity index (χ4n) is 2.13. The Morgan fingerprint density at radius 2 is 1.65 bits per heavy atom. The minimum Gasteiger partial charge on any atom is -0.298 e. The maximum atomic E-state index is 11.8. The van der Waals surface area contributed by atoms with Gasteiger partial charge in [0.05, 0.1) is 0 Å². The van der Waals surface area contributed by atoms with Crippen LogP contribution in [-0.4, -0.2) is 17.3 Å². The minimum atomic E-state index is -0.960. The molecule has 3 heteroatoms. The predicted molar refractivity (Wildman–Crippen MR) is 62.5 cm³/mol. The van der Waals surface area contributed by atoms with Crippen LogP contribution in [0.4, 0.5) is 0 Å². The van der Waals surface area contributed by atoms with Gasteiger partial charge in [-0.1, -0.05) is 30.3 Å². The van der Waals surface area contributed by atoms with Crippen LogP contribution >= 0.6 is 0 Å². The molecule has 0 amide bonds. The van der Waals surface area contributed by atoms with Crippen molar-refractivity contribution in [3.8, 4) is 0 Å². The molecular weight excluding hydrogens is 216 g/mol. The largest absolute Gasteiger partial charge is 0.298 e. The van der Waals surface area contributed by atoms with Gasteiger partial charge in [0.1, 0.15) is 5.92 Å². The summed E-state index contributed by atoms with van der Waals surface area (Å²) in [5, 5.41) is 0. The summed E-state index contributed by atoms with van der Waals surface area (Å²) in [6.45, 7) is 0. The van der Waals surface area contributed by atoms with Crippen LogP contribution in [0.2, 0.25) is 0 Å². The van der Waals surface area contributed by atoms with Gasteiger partial charge in [-0.05, 0) is 12.0 Å². The molecule has 17 heavy (non-hydrogen) atoms. The van der Waals surface area contributed by atoms with E-state index in [4.69, 9.17) is 0 Å². The predicted octanol–water partition coefficient (Wildman–Crippen LogP) is 1.74. The number of carbonyl (C=O) groups is 3. The molecule has 0 N–H and O–H groups in total. The van der Waals surface area contributed by atoms with Gasteiger partial charge in [-0.15, -0.1) is 0 Å². The van der Waals surface area contributed by atoms with Gasteiger partial charge in [-0.3, -0.25) is 14.4 Å². The molecule has 1 aromatic rings. The van der Waals surface area contributed by atoms with E-state index < -0.39 is 5.92 Å². The summed E-state index contributed by atoms with van der Waals surface area (Å²) in [4.78, 5) is 34.6. The number of hydrogen-bond acceptors (Lipinski definition) is 3. The number of carbonyl (C=O) groups excluding carboxylic acids is 3. The maximum absolute atomic E-state index is 11.8. The molecule has 1 fully saturated rings. The standard InChI is InChI=1S/C14H14O3/c15-11(14-12(16)8-9-13(14)17)7-6-10-4-2-1-3-5-10/h1-5,14H,6-9H2. The molecule has 0 atom stereocenters. The van der Waals surface area contributed by atoms with Crippen molar-refractivity contribution in [2.45, 2.75) is 25.7 Å². The third-order valence-corrected chi connectivity index (χ3v) is 3.09. The summed E-state index contributed by atoms with van der Waals surface area (Å²) in [6, 6.07) is 9.60. The van der Waals surface area contributed by atoms with Crippen molar-refractivity contribution in [2.75, 3.05) is 0 Å². The van der Waals surface area contributed by atoms with Crippen LogP contribution in [0.1, 0.15) is 24.8 Å². The van der Waals surface area contributed by atoms with Gasteiger partial charge in [0, 0.05) is 19.3 Å². The number of rotatable bonds is 4. The van der Waals surface area contributed by atoms with E-state index in [0.29, 0.717) is 6.42 Å². The van der Waals surface area contributed by atoms with Crippen molar-refractivity contribution < 1.29 is 14.4 Å². The summed E-state index contributed by atoms with van der Waals surface area (Å²) in [5.41, 5.74) is 1.05. The van der Waals surface area contributed by atoms with Gasteiger partial charge < -0.3 is 0 Å². The van der Waals surface area contributed by atoms with Crippen molar-refractivity contribution >= 4 is 17.3 Å². The second-order valence-corrected chi connectivity index (χ2v) is 4.32. The van der Waals surface area contributed by atoms with E-state index in [2.05, 4.69) is 0 Å². The molecule has 1 aromatic carbocycles. The van der Waals surface area contributed by atoms with E-state index in [0.717, 1.165) is 5.56 Å². The van der Waals surface area contributed by atoms with Crippen molar-refractivity contribution in [3.63, 3.8) is 0 Å². The first-order valence-electron chi connectivity index (χ1n) is 5.80. The van der Waals surface area contributed by atoms with Crippen LogP contribution in [0.5, 0.6) is 0 Å². The highest BCUT2D eigenvalue weighted by Crippen LogP contribution is 2.20. The number of aryl methyl sites for hydroxylation is 1. The molecule has 1 aliphatic carbocycles. The Labute approximate surface area is 99.8 Å². The summed E-state index contributed by atoms with van der Waals surface area (Å²) >= 11 is 0. The highest BCUT2D eigenvalue weighted by Gasteiger charge is 2.37. The SMILES string of the molecule is O=C1CCC(=O)C1C(=O)CCc1ccccc1. The lowest BCUT2D eigenvalue weighted by Crippen LogP contribution is -2.25. The van der Waals surface area contributed by atoms with Gasteiger partial charge in [-0.2, -0.15) is 0 Å². The number of ketones is 3. The molecule has 0 bridgehead atoms. The lowest BCUT2D eigenvalue weighted by Gasteiger charge is -2.05. The topological polar surface area (TPSA) is 51.2 Å². The Morgan fingerprint density at radius 1 is 1.06 bits per heavy atom. The molecule has 1 aliphatic rings. The molecule has 0 saturated heterocycles. The monoisotopic (exact) mass is 230 g/mol. The van der Waals surface area contributed by atoms with Crippen LogP contribution in [0.15, 0.2) is 30.3 Å². The van der Waals surface area contributed by atoms with Gasteiger partial charge in [0.25, 0.3) is 0 Å². The molecule has 0 aliphatic heterocycles. The third-order valence-electron chi connectivity index (χ3n) is 3.09. The van der Waals surface area contributed by atoms with Crippen LogP contribution < -0.4 is 0 Å². The molecule has 3 nitrogen and oxygen atoms in total. The van der Waals surface area contributed by atoms with Gasteiger partial charge in [0.2, 0.25) is 0 Å². The van der Waals surface area contributed by atoms with Crippen molar-refractivity contribution in [1.29, 1.82) is 0 Å². The third kappa shape index (κ3) is 2.67. The zero-order valence-electron chi connectivity index (χ0n) is 9.52. The van der Waals surface area contributed by atoms with Crippen LogP contribution in [0, 0.1) is 5.92 Å². The number of benzene rings is 1. The van der Waals surface area contributed by atoms with Crippen molar-refractivity contribution in [3.05, 3.63) is 35.9 Å². The number of hydrogen-bond donors (Lipinski definition) is 0. The lowest BCUT2D eigenvalue weighted by atomic mass is 9.95. The van der Waals surface area contributed by atoms with E-state index in [1.807, 2.05) is 30.3 Å². The molecule has 2 rings (SSSR count). The van der Waals surface area contributed by atoms with Crippen LogP contribution in [0.3, 0.4) is 0 Å². The zero-order chi connectivity index (χ0) is 12.3. The lowest BCUT2D eigenvalue weighted by molar-refractivity contribution is -0.136. The highest BCUT2D eigenvalue weighted by molar-refractivity contribution is 6.23. The minimum absolute atomic E-state index is 0.201. The van der Waals surface area contributed by atoms with Gasteiger partial charge in [-0.25, -0.2) is 0 Å². The maximum Gasteiger partial charge on any atom is 0.151 e. The second-order valence-electron chi connectivity index (χ2n) is 4.32. The number of Topliss-reactive ketones (excluding diaryl/α,β-unsaturated/α-hetero) is 3. The first kappa shape index (κ1) is 11.7. The van der Waals surface area contributed by atoms with Crippen molar-refractivity contribution in [1.82, 2.24) is 0 Å². The zero-order valence-corrected chi connectivity index (χ0v) is 9.52. The van der Waals surface area contributed by atoms with E-state index >= 15 is 0 Å². The smallest absolute Gasteiger partial charge is 0.151 e. The second kappa shape index (κ2) is 5.04. The highest BCUT2D eigenvalue weighted by atomic mass is 16.2. The molecule has 0 aromatic heterocycles. The summed E-state index contributed by atoms with van der Waals surface area (Å²) in [7, 11) is 0. The molecule has 0 unspecified atom stereocenters. The Hall–Kier alpha value is -1.77. The van der Waals surface area contributed by atoms with E-state index in [-0.39, 0.29) is 36.6 Å². The Morgan fingerprint density at radius 3 is 2.24 bits per heavy atom. The van der Waals surface area contributed by atoms with Crippen LogP contribution in [0.25, 0.3) is 0 Å². The molecular formula is C14H14O3. The average molecular weight is 230 g/mol. The van der Waals surface area contributed by atoms with Crippen molar-refractivity contribution in [2.24, 2.45) is 5.92 Å². The summed E-state index contributed by atoms with van der Waals surface area (Å²) < 4.78 is 0. The Bertz CT molecular complexity index is 432. The molecule has 0 spiro atoms. The van der Waals surface area contributed by atoms with Gasteiger partial charge in [0.15, 0.2) is 17.3 Å². The normalized spacial score (nSPS) is 16.5. The quantitative estimate of drug-likeness (QED) is 0.740. The fourth-order valence-corrected chi connectivity index (χ4v) is 2.13. The first-order chi connectivity index (χ1) is 8.18. The molecule has 0 heterocycles. The molecule has 1 saturated carbocycles. The average Bonchev–Trinajstić information content (AvgIpc) is 2.67. The Balaban J connectivity index is 1.94. The van der Waals surface area contributed by atoms with Gasteiger partial charge >= 0.3 is 0 Å². The van der Waals surface area contributed by atoms with Crippen LogP contribution in [-0.2, 0) is 20.8 Å². The molecule has 0 radical (unpaired) electrons. The first-order valence-corrected chi connectivity index (χ1v) is 5.80. The fraction of sp³-hybridized carbons (Fsp3) is 0.357. The summed E-state index contributed by atoms with van der Waals surface area (Å²) in [6.07, 6.45) is 1.34.